The van der Waals surface area contributed by atoms with E-state index in [-0.39, 0.29) is 24.1 Å². The minimum Gasteiger partial charge on any atom is -0.444 e. The predicted octanol–water partition coefficient (Wildman–Crippen LogP) is 3.57. The van der Waals surface area contributed by atoms with Crippen molar-refractivity contribution in [2.24, 2.45) is 0 Å². The number of halogens is 1. The largest absolute Gasteiger partial charge is 0.444 e. The fraction of sp³-hybridized carbons (Fsp3) is 0.529. The number of carbonyl (C=O) groups excluding carboxylic acids is 2. The van der Waals surface area contributed by atoms with Crippen LogP contribution in [0.5, 0.6) is 0 Å². The zero-order chi connectivity index (χ0) is 16.8. The van der Waals surface area contributed by atoms with E-state index in [9.17, 15) is 9.59 Å². The average molecular weight is 381 g/mol. The standard InChI is InChI=1S/C17H21BrN2O3/c1-16(2,3)23-15(22)20-10-14(21)19(11-17(20)8-9-17)13-6-4-12(18)5-7-13/h4-7H,8-11H2,1-3H3. The number of carbonyl (C=O) groups is 2. The van der Waals surface area contributed by atoms with Crippen molar-refractivity contribution in [3.63, 3.8) is 0 Å². The van der Waals surface area contributed by atoms with E-state index < -0.39 is 5.60 Å². The summed E-state index contributed by atoms with van der Waals surface area (Å²) in [6.07, 6.45) is 1.43. The van der Waals surface area contributed by atoms with Gasteiger partial charge in [-0.25, -0.2) is 4.79 Å². The number of benzene rings is 1. The number of amides is 2. The first kappa shape index (κ1) is 16.3. The van der Waals surface area contributed by atoms with Gasteiger partial charge in [-0.05, 0) is 57.9 Å². The second-order valence-corrected chi connectivity index (χ2v) is 8.16. The maximum Gasteiger partial charge on any atom is 0.411 e. The summed E-state index contributed by atoms with van der Waals surface area (Å²) < 4.78 is 6.44. The van der Waals surface area contributed by atoms with Crippen molar-refractivity contribution in [3.05, 3.63) is 28.7 Å². The molecule has 0 unspecified atom stereocenters. The summed E-state index contributed by atoms with van der Waals surface area (Å²) in [5, 5.41) is 0. The minimum absolute atomic E-state index is 0.0734. The molecule has 124 valence electrons. The molecule has 23 heavy (non-hydrogen) atoms. The first-order valence-electron chi connectivity index (χ1n) is 7.77. The van der Waals surface area contributed by atoms with Crippen molar-refractivity contribution in [1.29, 1.82) is 0 Å². The molecule has 1 aromatic carbocycles. The number of ether oxygens (including phenoxy) is 1. The quantitative estimate of drug-likeness (QED) is 0.748. The monoisotopic (exact) mass is 380 g/mol. The number of rotatable bonds is 1. The van der Waals surface area contributed by atoms with Gasteiger partial charge >= 0.3 is 6.09 Å². The average Bonchev–Trinajstić information content (AvgIpc) is 3.21. The van der Waals surface area contributed by atoms with E-state index in [1.807, 2.05) is 45.0 Å². The summed E-state index contributed by atoms with van der Waals surface area (Å²) >= 11 is 3.40. The number of hydrogen-bond donors (Lipinski definition) is 0. The first-order chi connectivity index (χ1) is 10.7. The smallest absolute Gasteiger partial charge is 0.411 e. The van der Waals surface area contributed by atoms with Gasteiger partial charge in [0.1, 0.15) is 12.1 Å². The molecular formula is C17H21BrN2O3. The third kappa shape index (κ3) is 3.37. The molecule has 1 aliphatic heterocycles. The minimum atomic E-state index is -0.556. The topological polar surface area (TPSA) is 49.9 Å². The van der Waals surface area contributed by atoms with Gasteiger partial charge in [-0.3, -0.25) is 9.69 Å². The second-order valence-electron chi connectivity index (χ2n) is 7.25. The maximum absolute atomic E-state index is 12.5. The Labute approximate surface area is 144 Å². The molecule has 1 aromatic rings. The van der Waals surface area contributed by atoms with Crippen LogP contribution in [-0.2, 0) is 9.53 Å². The van der Waals surface area contributed by atoms with Crippen LogP contribution in [0.15, 0.2) is 28.7 Å². The van der Waals surface area contributed by atoms with Crippen molar-refractivity contribution in [3.8, 4) is 0 Å². The van der Waals surface area contributed by atoms with Crippen LogP contribution in [0.1, 0.15) is 33.6 Å². The van der Waals surface area contributed by atoms with Crippen molar-refractivity contribution in [2.75, 3.05) is 18.0 Å². The van der Waals surface area contributed by atoms with E-state index in [0.29, 0.717) is 6.54 Å². The van der Waals surface area contributed by atoms with Gasteiger partial charge in [0.25, 0.3) is 0 Å². The highest BCUT2D eigenvalue weighted by atomic mass is 79.9. The van der Waals surface area contributed by atoms with Crippen LogP contribution in [0, 0.1) is 0 Å². The van der Waals surface area contributed by atoms with Gasteiger partial charge in [-0.2, -0.15) is 0 Å². The van der Waals surface area contributed by atoms with Crippen LogP contribution in [0.25, 0.3) is 0 Å². The Morgan fingerprint density at radius 3 is 2.35 bits per heavy atom. The molecule has 1 saturated heterocycles. The Morgan fingerprint density at radius 1 is 1.22 bits per heavy atom. The summed E-state index contributed by atoms with van der Waals surface area (Å²) in [5.41, 5.74) is 0.0517. The molecule has 2 amide bonds. The Morgan fingerprint density at radius 2 is 1.83 bits per heavy atom. The molecule has 5 nitrogen and oxygen atoms in total. The van der Waals surface area contributed by atoms with Crippen LogP contribution < -0.4 is 4.90 Å². The molecule has 0 radical (unpaired) electrons. The molecule has 6 heteroatoms. The third-order valence-electron chi connectivity index (χ3n) is 4.20. The molecule has 0 atom stereocenters. The fourth-order valence-electron chi connectivity index (χ4n) is 2.86. The highest BCUT2D eigenvalue weighted by molar-refractivity contribution is 9.10. The van der Waals surface area contributed by atoms with Gasteiger partial charge in [0.15, 0.2) is 0 Å². The van der Waals surface area contributed by atoms with Gasteiger partial charge in [-0.15, -0.1) is 0 Å². The molecule has 2 fully saturated rings. The number of piperazine rings is 1. The normalized spacial score (nSPS) is 19.9. The molecule has 0 aromatic heterocycles. The molecule has 0 N–H and O–H groups in total. The van der Waals surface area contributed by atoms with Crippen LogP contribution >= 0.6 is 15.9 Å². The molecule has 2 aliphatic rings. The number of hydrogen-bond acceptors (Lipinski definition) is 3. The van der Waals surface area contributed by atoms with E-state index in [1.165, 1.54) is 0 Å². The Hall–Kier alpha value is -1.56. The molecule has 1 saturated carbocycles. The summed E-state index contributed by atoms with van der Waals surface area (Å²) in [4.78, 5) is 28.4. The lowest BCUT2D eigenvalue weighted by Gasteiger charge is -2.41. The van der Waals surface area contributed by atoms with Gasteiger partial charge < -0.3 is 9.64 Å². The van der Waals surface area contributed by atoms with Gasteiger partial charge in [0.2, 0.25) is 5.91 Å². The molecular weight excluding hydrogens is 360 g/mol. The van der Waals surface area contributed by atoms with Crippen molar-refractivity contribution < 1.29 is 14.3 Å². The van der Waals surface area contributed by atoms with Crippen molar-refractivity contribution in [2.45, 2.75) is 44.8 Å². The van der Waals surface area contributed by atoms with E-state index >= 15 is 0 Å². The lowest BCUT2D eigenvalue weighted by molar-refractivity contribution is -0.123. The highest BCUT2D eigenvalue weighted by Crippen LogP contribution is 2.46. The zero-order valence-corrected chi connectivity index (χ0v) is 15.2. The second kappa shape index (κ2) is 5.51. The van der Waals surface area contributed by atoms with Crippen LogP contribution in [0.3, 0.4) is 0 Å². The first-order valence-corrected chi connectivity index (χ1v) is 8.56. The van der Waals surface area contributed by atoms with Gasteiger partial charge in [-0.1, -0.05) is 15.9 Å². The summed E-state index contributed by atoms with van der Waals surface area (Å²) in [6.45, 7) is 6.12. The van der Waals surface area contributed by atoms with Crippen molar-refractivity contribution in [1.82, 2.24) is 4.90 Å². The van der Waals surface area contributed by atoms with E-state index in [0.717, 1.165) is 23.0 Å². The van der Waals surface area contributed by atoms with Crippen molar-refractivity contribution >= 4 is 33.6 Å². The number of nitrogens with zero attached hydrogens (tertiary/aromatic N) is 2. The zero-order valence-electron chi connectivity index (χ0n) is 13.6. The van der Waals surface area contributed by atoms with E-state index in [4.69, 9.17) is 4.74 Å². The SMILES string of the molecule is CC(C)(C)OC(=O)N1CC(=O)N(c2ccc(Br)cc2)CC12CC2. The van der Waals surface area contributed by atoms with Gasteiger partial charge in [0.05, 0.1) is 5.54 Å². The predicted molar refractivity (Wildman–Crippen MR) is 91.4 cm³/mol. The lowest BCUT2D eigenvalue weighted by Crippen LogP contribution is -2.60. The van der Waals surface area contributed by atoms with Crippen LogP contribution in [-0.4, -0.2) is 41.1 Å². The summed E-state index contributed by atoms with van der Waals surface area (Å²) in [7, 11) is 0. The Balaban J connectivity index is 1.79. The molecule has 1 spiro atoms. The molecule has 1 heterocycles. The van der Waals surface area contributed by atoms with Crippen LogP contribution in [0.2, 0.25) is 0 Å². The van der Waals surface area contributed by atoms with E-state index in [2.05, 4.69) is 15.9 Å². The number of anilines is 1. The molecule has 1 aliphatic carbocycles. The molecule has 3 rings (SSSR count). The Kier molecular flexibility index (Phi) is 3.91. The molecule has 0 bridgehead atoms. The van der Waals surface area contributed by atoms with Gasteiger partial charge in [0, 0.05) is 16.7 Å². The van der Waals surface area contributed by atoms with Crippen LogP contribution in [0.4, 0.5) is 10.5 Å². The summed E-state index contributed by atoms with van der Waals surface area (Å²) in [5.74, 6) is -0.0734. The lowest BCUT2D eigenvalue weighted by atomic mass is 10.1. The Bertz CT molecular complexity index is 632. The highest BCUT2D eigenvalue weighted by Gasteiger charge is 2.56. The van der Waals surface area contributed by atoms with E-state index in [1.54, 1.807) is 9.80 Å². The maximum atomic E-state index is 12.5. The summed E-state index contributed by atoms with van der Waals surface area (Å²) in [6, 6.07) is 7.67. The third-order valence-corrected chi connectivity index (χ3v) is 4.73. The fourth-order valence-corrected chi connectivity index (χ4v) is 3.12.